The first kappa shape index (κ1) is 12.5. The second-order valence-corrected chi connectivity index (χ2v) is 6.32. The maximum atomic E-state index is 6.02. The monoisotopic (exact) mass is 291 g/mol. The highest BCUT2D eigenvalue weighted by Gasteiger charge is 2.10. The average molecular weight is 292 g/mol. The standard InChI is InChI=1S/C14H14ClN3S/c1-9-3-2-4-11-13(9)18(14(16)17-11)8-7-10-5-6-12(15)19-10/h2-6H,7-8H2,1H3,(H2,16,17). The van der Waals surface area contributed by atoms with Crippen LogP contribution in [0.1, 0.15) is 10.4 Å². The van der Waals surface area contributed by atoms with Crippen LogP contribution in [0.25, 0.3) is 11.0 Å². The van der Waals surface area contributed by atoms with Crippen molar-refractivity contribution >= 4 is 39.9 Å². The van der Waals surface area contributed by atoms with Crippen LogP contribution in [-0.4, -0.2) is 9.55 Å². The van der Waals surface area contributed by atoms with Crippen LogP contribution in [0.4, 0.5) is 5.95 Å². The summed E-state index contributed by atoms with van der Waals surface area (Å²) in [6, 6.07) is 10.1. The molecule has 19 heavy (non-hydrogen) atoms. The number of imidazole rings is 1. The number of nitrogens with zero attached hydrogens (tertiary/aromatic N) is 2. The van der Waals surface area contributed by atoms with Crippen molar-refractivity contribution in [3.63, 3.8) is 0 Å². The summed E-state index contributed by atoms with van der Waals surface area (Å²) in [6.07, 6.45) is 0.918. The Bertz CT molecular complexity index is 729. The van der Waals surface area contributed by atoms with E-state index in [1.165, 1.54) is 10.4 Å². The van der Waals surface area contributed by atoms with Gasteiger partial charge in [0.05, 0.1) is 15.4 Å². The topological polar surface area (TPSA) is 43.8 Å². The van der Waals surface area contributed by atoms with Crippen molar-refractivity contribution in [2.24, 2.45) is 0 Å². The molecule has 3 rings (SSSR count). The van der Waals surface area contributed by atoms with Crippen molar-refractivity contribution in [1.29, 1.82) is 0 Å². The van der Waals surface area contributed by atoms with E-state index in [9.17, 15) is 0 Å². The predicted molar refractivity (Wildman–Crippen MR) is 81.9 cm³/mol. The first-order valence-electron chi connectivity index (χ1n) is 6.10. The number of para-hydroxylation sites is 1. The lowest BCUT2D eigenvalue weighted by Gasteiger charge is -2.07. The van der Waals surface area contributed by atoms with E-state index in [2.05, 4.69) is 28.6 Å². The van der Waals surface area contributed by atoms with Gasteiger partial charge in [-0.25, -0.2) is 4.98 Å². The van der Waals surface area contributed by atoms with Gasteiger partial charge >= 0.3 is 0 Å². The van der Waals surface area contributed by atoms with E-state index in [1.807, 2.05) is 18.2 Å². The molecule has 0 spiro atoms. The number of aryl methyl sites for hydroxylation is 3. The number of halogens is 1. The highest BCUT2D eigenvalue weighted by Crippen LogP contribution is 2.25. The molecule has 3 nitrogen and oxygen atoms in total. The summed E-state index contributed by atoms with van der Waals surface area (Å²) in [5.74, 6) is 0.576. The van der Waals surface area contributed by atoms with Crippen molar-refractivity contribution in [1.82, 2.24) is 9.55 Å². The molecule has 5 heteroatoms. The maximum absolute atomic E-state index is 6.02. The van der Waals surface area contributed by atoms with Crippen LogP contribution in [-0.2, 0) is 13.0 Å². The van der Waals surface area contributed by atoms with Crippen LogP contribution in [0.5, 0.6) is 0 Å². The lowest BCUT2D eigenvalue weighted by atomic mass is 10.2. The van der Waals surface area contributed by atoms with Crippen LogP contribution in [0.3, 0.4) is 0 Å². The van der Waals surface area contributed by atoms with Gasteiger partial charge in [0.1, 0.15) is 0 Å². The SMILES string of the molecule is Cc1cccc2nc(N)n(CCc3ccc(Cl)s3)c12. The van der Waals surface area contributed by atoms with Crippen molar-refractivity contribution in [3.05, 3.63) is 45.1 Å². The van der Waals surface area contributed by atoms with Gasteiger partial charge < -0.3 is 10.3 Å². The molecule has 0 bridgehead atoms. The Hall–Kier alpha value is -1.52. The van der Waals surface area contributed by atoms with Crippen molar-refractivity contribution in [2.45, 2.75) is 19.9 Å². The van der Waals surface area contributed by atoms with Gasteiger partial charge in [-0.3, -0.25) is 0 Å². The van der Waals surface area contributed by atoms with Gasteiger partial charge in [0.15, 0.2) is 0 Å². The largest absolute Gasteiger partial charge is 0.369 e. The molecule has 3 aromatic rings. The minimum atomic E-state index is 0.576. The number of hydrogen-bond donors (Lipinski definition) is 1. The zero-order chi connectivity index (χ0) is 13.4. The smallest absolute Gasteiger partial charge is 0.201 e. The molecule has 0 aliphatic heterocycles. The van der Waals surface area contributed by atoms with E-state index in [-0.39, 0.29) is 0 Å². The number of nitrogen functional groups attached to an aromatic ring is 1. The van der Waals surface area contributed by atoms with E-state index in [4.69, 9.17) is 17.3 Å². The van der Waals surface area contributed by atoms with Crippen LogP contribution < -0.4 is 5.73 Å². The van der Waals surface area contributed by atoms with Crippen molar-refractivity contribution in [2.75, 3.05) is 5.73 Å². The zero-order valence-corrected chi connectivity index (χ0v) is 12.1. The number of fused-ring (bicyclic) bond motifs is 1. The maximum Gasteiger partial charge on any atom is 0.201 e. The number of anilines is 1. The van der Waals surface area contributed by atoms with E-state index in [0.29, 0.717) is 5.95 Å². The number of rotatable bonds is 3. The molecule has 0 aliphatic carbocycles. The van der Waals surface area contributed by atoms with Crippen molar-refractivity contribution < 1.29 is 0 Å². The van der Waals surface area contributed by atoms with E-state index < -0.39 is 0 Å². The minimum Gasteiger partial charge on any atom is -0.369 e. The summed E-state index contributed by atoms with van der Waals surface area (Å²) in [7, 11) is 0. The molecule has 0 unspecified atom stereocenters. The molecular weight excluding hydrogens is 278 g/mol. The Morgan fingerprint density at radius 2 is 2.16 bits per heavy atom. The van der Waals surface area contributed by atoms with Crippen LogP contribution in [0.2, 0.25) is 4.34 Å². The highest BCUT2D eigenvalue weighted by atomic mass is 35.5. The molecular formula is C14H14ClN3S. The molecule has 0 amide bonds. The molecule has 0 saturated carbocycles. The summed E-state index contributed by atoms with van der Waals surface area (Å²) in [6.45, 7) is 2.91. The molecule has 0 fully saturated rings. The molecule has 0 radical (unpaired) electrons. The molecule has 98 valence electrons. The molecule has 0 aliphatic rings. The summed E-state index contributed by atoms with van der Waals surface area (Å²) in [5, 5.41) is 0. The number of hydrogen-bond acceptors (Lipinski definition) is 3. The Morgan fingerprint density at radius 3 is 2.89 bits per heavy atom. The van der Waals surface area contributed by atoms with Crippen LogP contribution >= 0.6 is 22.9 Å². The van der Waals surface area contributed by atoms with E-state index in [1.54, 1.807) is 11.3 Å². The third kappa shape index (κ3) is 2.33. The zero-order valence-electron chi connectivity index (χ0n) is 10.6. The number of nitrogens with two attached hydrogens (primary N) is 1. The second kappa shape index (κ2) is 4.87. The summed E-state index contributed by atoms with van der Waals surface area (Å²) >= 11 is 7.56. The van der Waals surface area contributed by atoms with Gasteiger partial charge in [0.2, 0.25) is 5.95 Å². The third-order valence-corrected chi connectivity index (χ3v) is 4.50. The fraction of sp³-hybridized carbons (Fsp3) is 0.214. The lowest BCUT2D eigenvalue weighted by Crippen LogP contribution is -2.05. The lowest BCUT2D eigenvalue weighted by molar-refractivity contribution is 0.731. The highest BCUT2D eigenvalue weighted by molar-refractivity contribution is 7.16. The minimum absolute atomic E-state index is 0.576. The predicted octanol–water partition coefficient (Wildman–Crippen LogP) is 3.88. The molecule has 2 N–H and O–H groups in total. The van der Waals surface area contributed by atoms with Gasteiger partial charge in [0.25, 0.3) is 0 Å². The number of thiophene rings is 1. The summed E-state index contributed by atoms with van der Waals surface area (Å²) in [4.78, 5) is 5.67. The molecule has 2 heterocycles. The molecule has 1 aromatic carbocycles. The summed E-state index contributed by atoms with van der Waals surface area (Å²) < 4.78 is 2.91. The average Bonchev–Trinajstić information content (AvgIpc) is 2.91. The normalized spacial score (nSPS) is 11.3. The number of aromatic nitrogens is 2. The first-order valence-corrected chi connectivity index (χ1v) is 7.30. The second-order valence-electron chi connectivity index (χ2n) is 4.52. The third-order valence-electron chi connectivity index (χ3n) is 3.21. The van der Waals surface area contributed by atoms with Crippen LogP contribution in [0, 0.1) is 6.92 Å². The van der Waals surface area contributed by atoms with Crippen molar-refractivity contribution in [3.8, 4) is 0 Å². The van der Waals surface area contributed by atoms with Gasteiger partial charge in [-0.1, -0.05) is 23.7 Å². The Kier molecular flexibility index (Phi) is 3.21. The van der Waals surface area contributed by atoms with Gasteiger partial charge in [-0.2, -0.15) is 0 Å². The molecule has 0 atom stereocenters. The fourth-order valence-corrected chi connectivity index (χ4v) is 3.39. The quantitative estimate of drug-likeness (QED) is 0.796. The van der Waals surface area contributed by atoms with Gasteiger partial charge in [0, 0.05) is 11.4 Å². The van der Waals surface area contributed by atoms with E-state index in [0.717, 1.165) is 28.3 Å². The van der Waals surface area contributed by atoms with E-state index >= 15 is 0 Å². The number of benzene rings is 1. The molecule has 0 saturated heterocycles. The molecule has 2 aromatic heterocycles. The first-order chi connectivity index (χ1) is 9.15. The fourth-order valence-electron chi connectivity index (χ4n) is 2.32. The Labute approximate surface area is 120 Å². The summed E-state index contributed by atoms with van der Waals surface area (Å²) in [5.41, 5.74) is 9.31. The van der Waals surface area contributed by atoms with Gasteiger partial charge in [-0.05, 0) is 37.1 Å². The van der Waals surface area contributed by atoms with Crippen LogP contribution in [0.15, 0.2) is 30.3 Å². The van der Waals surface area contributed by atoms with Gasteiger partial charge in [-0.15, -0.1) is 11.3 Å². The Balaban J connectivity index is 1.94. The Morgan fingerprint density at radius 1 is 1.32 bits per heavy atom.